The summed E-state index contributed by atoms with van der Waals surface area (Å²) >= 11 is 0. The number of rotatable bonds is 7. The van der Waals surface area contributed by atoms with E-state index < -0.39 is 0 Å². The number of nitrogens with zero attached hydrogens (tertiary/aromatic N) is 1. The van der Waals surface area contributed by atoms with Gasteiger partial charge < -0.3 is 15.4 Å². The van der Waals surface area contributed by atoms with Crippen LogP contribution < -0.4 is 15.4 Å². The van der Waals surface area contributed by atoms with Crippen LogP contribution in [0.2, 0.25) is 0 Å². The zero-order valence-electron chi connectivity index (χ0n) is 14.4. The van der Waals surface area contributed by atoms with Gasteiger partial charge in [-0.25, -0.2) is 0 Å². The number of hydrogen-bond acceptors (Lipinski definition) is 4. The van der Waals surface area contributed by atoms with Crippen molar-refractivity contribution < 1.29 is 9.53 Å². The second-order valence-electron chi connectivity index (χ2n) is 6.45. The van der Waals surface area contributed by atoms with Gasteiger partial charge in [0.15, 0.2) is 0 Å². The Morgan fingerprint density at radius 1 is 1.12 bits per heavy atom. The highest BCUT2D eigenvalue weighted by atomic mass is 16.5. The topological polar surface area (TPSA) is 63.2 Å². The summed E-state index contributed by atoms with van der Waals surface area (Å²) in [6.07, 6.45) is 7.42. The van der Waals surface area contributed by atoms with E-state index in [0.717, 1.165) is 36.5 Å². The summed E-state index contributed by atoms with van der Waals surface area (Å²) in [5.74, 6) is 1.55. The minimum absolute atomic E-state index is 0.0870. The van der Waals surface area contributed by atoms with Crippen molar-refractivity contribution in [2.75, 3.05) is 18.4 Å². The maximum absolute atomic E-state index is 12.1. The average molecular weight is 339 g/mol. The van der Waals surface area contributed by atoms with Crippen LogP contribution in [0.5, 0.6) is 5.75 Å². The molecule has 0 atom stereocenters. The molecule has 0 unspecified atom stereocenters. The van der Waals surface area contributed by atoms with Gasteiger partial charge in [0.1, 0.15) is 12.4 Å². The number of aromatic nitrogens is 1. The fourth-order valence-corrected chi connectivity index (χ4v) is 3.01. The van der Waals surface area contributed by atoms with E-state index in [1.807, 2.05) is 36.4 Å². The zero-order chi connectivity index (χ0) is 17.3. The number of hydrogen-bond donors (Lipinski definition) is 2. The van der Waals surface area contributed by atoms with Gasteiger partial charge in [-0.1, -0.05) is 0 Å². The van der Waals surface area contributed by atoms with E-state index in [1.54, 1.807) is 12.4 Å². The standard InChI is InChI=1S/C20H25N3O2/c24-20(6-1-16-7-11-21-12-8-16)23-18-2-4-19(5-3-18)25-15-17-9-13-22-14-10-17/h2-5,9-10,13-14,16,21H,1,6-8,11-12,15H2,(H,23,24). The van der Waals surface area contributed by atoms with Gasteiger partial charge in [0.25, 0.3) is 0 Å². The number of ether oxygens (including phenoxy) is 1. The van der Waals surface area contributed by atoms with E-state index in [0.29, 0.717) is 18.9 Å². The summed E-state index contributed by atoms with van der Waals surface area (Å²) in [7, 11) is 0. The Balaban J connectivity index is 1.41. The molecule has 0 aliphatic carbocycles. The number of anilines is 1. The van der Waals surface area contributed by atoms with E-state index in [1.165, 1.54) is 12.8 Å². The molecule has 1 aliphatic heterocycles. The molecule has 0 saturated carbocycles. The molecule has 1 aromatic carbocycles. The molecule has 0 radical (unpaired) electrons. The van der Waals surface area contributed by atoms with Gasteiger partial charge in [0.05, 0.1) is 0 Å². The lowest BCUT2D eigenvalue weighted by atomic mass is 9.93. The number of carbonyl (C=O) groups excluding carboxylic acids is 1. The molecule has 1 aliphatic rings. The minimum Gasteiger partial charge on any atom is -0.489 e. The van der Waals surface area contributed by atoms with Crippen LogP contribution in [0.3, 0.4) is 0 Å². The minimum atomic E-state index is 0.0870. The first-order valence-corrected chi connectivity index (χ1v) is 8.92. The Labute approximate surface area is 148 Å². The largest absolute Gasteiger partial charge is 0.489 e. The van der Waals surface area contributed by atoms with Crippen LogP contribution in [0.25, 0.3) is 0 Å². The molecule has 2 N–H and O–H groups in total. The Bertz CT molecular complexity index is 652. The van der Waals surface area contributed by atoms with Crippen molar-refractivity contribution in [3.8, 4) is 5.75 Å². The highest BCUT2D eigenvalue weighted by Gasteiger charge is 2.14. The maximum atomic E-state index is 12.1. The fraction of sp³-hybridized carbons (Fsp3) is 0.400. The second-order valence-corrected chi connectivity index (χ2v) is 6.45. The van der Waals surface area contributed by atoms with Crippen molar-refractivity contribution >= 4 is 11.6 Å². The van der Waals surface area contributed by atoms with Crippen LogP contribution >= 0.6 is 0 Å². The summed E-state index contributed by atoms with van der Waals surface area (Å²) in [5.41, 5.74) is 1.89. The SMILES string of the molecule is O=C(CCC1CCNCC1)Nc1ccc(OCc2ccncc2)cc1. The molecule has 0 spiro atoms. The normalized spacial score (nSPS) is 14.9. The predicted molar refractivity (Wildman–Crippen MR) is 98.5 cm³/mol. The van der Waals surface area contributed by atoms with Crippen molar-refractivity contribution in [1.82, 2.24) is 10.3 Å². The van der Waals surface area contributed by atoms with E-state index in [4.69, 9.17) is 4.74 Å². The van der Waals surface area contributed by atoms with Gasteiger partial charge in [0, 0.05) is 24.5 Å². The lowest BCUT2D eigenvalue weighted by Gasteiger charge is -2.22. The smallest absolute Gasteiger partial charge is 0.224 e. The molecule has 3 rings (SSSR count). The van der Waals surface area contributed by atoms with Crippen molar-refractivity contribution in [2.24, 2.45) is 5.92 Å². The third-order valence-electron chi connectivity index (χ3n) is 4.53. The zero-order valence-corrected chi connectivity index (χ0v) is 14.4. The molecule has 2 heterocycles. The van der Waals surface area contributed by atoms with E-state index >= 15 is 0 Å². The van der Waals surface area contributed by atoms with E-state index in [2.05, 4.69) is 15.6 Å². The number of amides is 1. The lowest BCUT2D eigenvalue weighted by molar-refractivity contribution is -0.116. The summed E-state index contributed by atoms with van der Waals surface area (Å²) in [4.78, 5) is 16.1. The van der Waals surface area contributed by atoms with Gasteiger partial charge in [-0.05, 0) is 80.2 Å². The highest BCUT2D eigenvalue weighted by molar-refractivity contribution is 5.90. The monoisotopic (exact) mass is 339 g/mol. The predicted octanol–water partition coefficient (Wildman–Crippen LogP) is 3.38. The Morgan fingerprint density at radius 2 is 1.84 bits per heavy atom. The van der Waals surface area contributed by atoms with Crippen LogP contribution in [-0.2, 0) is 11.4 Å². The molecule has 0 bridgehead atoms. The van der Waals surface area contributed by atoms with Crippen molar-refractivity contribution in [2.45, 2.75) is 32.3 Å². The third-order valence-corrected chi connectivity index (χ3v) is 4.53. The first-order valence-electron chi connectivity index (χ1n) is 8.92. The van der Waals surface area contributed by atoms with Crippen molar-refractivity contribution in [3.05, 3.63) is 54.4 Å². The summed E-state index contributed by atoms with van der Waals surface area (Å²) in [6, 6.07) is 11.4. The van der Waals surface area contributed by atoms with Crippen molar-refractivity contribution in [3.63, 3.8) is 0 Å². The Morgan fingerprint density at radius 3 is 2.56 bits per heavy atom. The van der Waals surface area contributed by atoms with Gasteiger partial charge in [-0.2, -0.15) is 0 Å². The van der Waals surface area contributed by atoms with Crippen LogP contribution in [0.15, 0.2) is 48.8 Å². The van der Waals surface area contributed by atoms with Crippen LogP contribution in [0.4, 0.5) is 5.69 Å². The third kappa shape index (κ3) is 5.87. The first kappa shape index (κ1) is 17.4. The number of piperidine rings is 1. The molecule has 1 aromatic heterocycles. The first-order chi connectivity index (χ1) is 12.3. The van der Waals surface area contributed by atoms with Gasteiger partial charge in [-0.15, -0.1) is 0 Å². The van der Waals surface area contributed by atoms with Gasteiger partial charge in [0.2, 0.25) is 5.91 Å². The van der Waals surface area contributed by atoms with Crippen LogP contribution in [0.1, 0.15) is 31.2 Å². The molecular weight excluding hydrogens is 314 g/mol. The number of pyridine rings is 1. The van der Waals surface area contributed by atoms with E-state index in [9.17, 15) is 4.79 Å². The Hall–Kier alpha value is -2.40. The molecule has 1 fully saturated rings. The molecule has 1 saturated heterocycles. The number of benzene rings is 1. The highest BCUT2D eigenvalue weighted by Crippen LogP contribution is 2.20. The fourth-order valence-electron chi connectivity index (χ4n) is 3.01. The van der Waals surface area contributed by atoms with Crippen molar-refractivity contribution in [1.29, 1.82) is 0 Å². The van der Waals surface area contributed by atoms with E-state index in [-0.39, 0.29) is 5.91 Å². The average Bonchev–Trinajstić information content (AvgIpc) is 2.67. The quantitative estimate of drug-likeness (QED) is 0.812. The number of nitrogens with one attached hydrogen (secondary N) is 2. The maximum Gasteiger partial charge on any atom is 0.224 e. The molecule has 5 heteroatoms. The molecule has 2 aromatic rings. The number of carbonyl (C=O) groups is 1. The van der Waals surface area contributed by atoms with Crippen LogP contribution in [-0.4, -0.2) is 24.0 Å². The molecular formula is C20H25N3O2. The Kier molecular flexibility index (Phi) is 6.40. The summed E-state index contributed by atoms with van der Waals surface area (Å²) in [6.45, 7) is 2.66. The lowest BCUT2D eigenvalue weighted by Crippen LogP contribution is -2.28. The van der Waals surface area contributed by atoms with Gasteiger partial charge in [-0.3, -0.25) is 9.78 Å². The summed E-state index contributed by atoms with van der Waals surface area (Å²) < 4.78 is 5.73. The van der Waals surface area contributed by atoms with Gasteiger partial charge >= 0.3 is 0 Å². The molecule has 132 valence electrons. The summed E-state index contributed by atoms with van der Waals surface area (Å²) in [5, 5.41) is 6.32. The van der Waals surface area contributed by atoms with Crippen LogP contribution in [0, 0.1) is 5.92 Å². The molecule has 25 heavy (non-hydrogen) atoms. The molecule has 5 nitrogen and oxygen atoms in total. The molecule has 1 amide bonds. The second kappa shape index (κ2) is 9.18.